The zero-order valence-electron chi connectivity index (χ0n) is 11.7. The van der Waals surface area contributed by atoms with Gasteiger partial charge in [0.15, 0.2) is 23.0 Å². The Kier molecular flexibility index (Phi) is 2.57. The fraction of sp³-hybridized carbons (Fsp3) is 0.250. The van der Waals surface area contributed by atoms with Crippen LogP contribution in [0.4, 0.5) is 0 Å². The van der Waals surface area contributed by atoms with Gasteiger partial charge in [0.1, 0.15) is 6.10 Å². The van der Waals surface area contributed by atoms with Crippen molar-refractivity contribution in [2.75, 3.05) is 13.7 Å². The summed E-state index contributed by atoms with van der Waals surface area (Å²) in [5.41, 5.74) is 1.47. The number of ether oxygens (including phenoxy) is 3. The van der Waals surface area contributed by atoms with E-state index in [-0.39, 0.29) is 41.6 Å². The Balaban J connectivity index is 1.83. The lowest BCUT2D eigenvalue weighted by Gasteiger charge is -2.28. The monoisotopic (exact) mass is 302 g/mol. The Bertz CT molecular complexity index is 770. The number of hydrogen-bond donors (Lipinski definition) is 3. The smallest absolute Gasteiger partial charge is 0.201 e. The van der Waals surface area contributed by atoms with Crippen LogP contribution in [0.25, 0.3) is 0 Å². The molecule has 0 bridgehead atoms. The molecule has 0 saturated carbocycles. The van der Waals surface area contributed by atoms with Crippen LogP contribution in [0.2, 0.25) is 0 Å². The summed E-state index contributed by atoms with van der Waals surface area (Å²) in [4.78, 5) is 0. The Labute approximate surface area is 126 Å². The highest BCUT2D eigenvalue weighted by molar-refractivity contribution is 5.62. The van der Waals surface area contributed by atoms with Crippen molar-refractivity contribution in [1.29, 1.82) is 0 Å². The lowest BCUT2D eigenvalue weighted by atomic mass is 9.89. The van der Waals surface area contributed by atoms with Gasteiger partial charge in [0.05, 0.1) is 19.6 Å². The van der Waals surface area contributed by atoms with Gasteiger partial charge >= 0.3 is 0 Å². The molecule has 6 heteroatoms. The maximum absolute atomic E-state index is 10.2. The number of aromatic hydroxyl groups is 3. The van der Waals surface area contributed by atoms with Gasteiger partial charge in [-0.1, -0.05) is 6.07 Å². The van der Waals surface area contributed by atoms with Gasteiger partial charge in [0, 0.05) is 11.1 Å². The van der Waals surface area contributed by atoms with Crippen molar-refractivity contribution in [3.05, 3.63) is 35.4 Å². The Morgan fingerprint density at radius 3 is 2.55 bits per heavy atom. The first-order valence-corrected chi connectivity index (χ1v) is 6.86. The predicted octanol–water partition coefficient (Wildman–Crippen LogP) is 2.42. The second-order valence-electron chi connectivity index (χ2n) is 5.34. The molecule has 6 nitrogen and oxygen atoms in total. The van der Waals surface area contributed by atoms with Gasteiger partial charge in [-0.15, -0.1) is 0 Å². The number of methoxy groups -OCH3 is 1. The SMILES string of the molecule is COc1ccc2c(c1O)OC1c3ccc(O)c(O)c3OCC21. The third-order valence-electron chi connectivity index (χ3n) is 4.21. The zero-order chi connectivity index (χ0) is 15.4. The topological polar surface area (TPSA) is 88.4 Å². The summed E-state index contributed by atoms with van der Waals surface area (Å²) in [6, 6.07) is 6.57. The fourth-order valence-corrected chi connectivity index (χ4v) is 3.10. The Morgan fingerprint density at radius 2 is 1.77 bits per heavy atom. The fourth-order valence-electron chi connectivity index (χ4n) is 3.10. The standard InChI is InChI=1S/C16H14O6/c1-20-11-5-3-7-9-6-21-15-8(2-4-10(17)12(15)18)14(9)22-16(7)13(11)19/h2-5,9,14,17-19H,6H2,1H3. The van der Waals surface area contributed by atoms with E-state index in [9.17, 15) is 15.3 Å². The molecule has 2 aromatic rings. The molecular weight excluding hydrogens is 288 g/mol. The molecule has 2 aliphatic rings. The first kappa shape index (κ1) is 12.9. The number of rotatable bonds is 1. The van der Waals surface area contributed by atoms with Crippen molar-refractivity contribution in [2.45, 2.75) is 12.0 Å². The summed E-state index contributed by atoms with van der Waals surface area (Å²) in [5, 5.41) is 29.7. The number of phenols is 3. The van der Waals surface area contributed by atoms with Crippen LogP contribution < -0.4 is 14.2 Å². The number of phenolic OH excluding ortho intramolecular Hbond substituents is 3. The summed E-state index contributed by atoms with van der Waals surface area (Å²) in [5.74, 6) is 0.266. The first-order valence-electron chi connectivity index (χ1n) is 6.86. The summed E-state index contributed by atoms with van der Waals surface area (Å²) in [6.45, 7) is 0.285. The van der Waals surface area contributed by atoms with Gasteiger partial charge in [-0.2, -0.15) is 0 Å². The zero-order valence-corrected chi connectivity index (χ0v) is 11.7. The van der Waals surface area contributed by atoms with Crippen molar-refractivity contribution >= 4 is 0 Å². The van der Waals surface area contributed by atoms with Crippen LogP contribution in [0.15, 0.2) is 24.3 Å². The molecule has 0 amide bonds. The Hall–Kier alpha value is -2.76. The molecule has 22 heavy (non-hydrogen) atoms. The first-order chi connectivity index (χ1) is 10.6. The minimum Gasteiger partial charge on any atom is -0.504 e. The molecule has 0 fully saturated rings. The van der Waals surface area contributed by atoms with E-state index in [2.05, 4.69) is 0 Å². The van der Waals surface area contributed by atoms with Crippen molar-refractivity contribution in [2.24, 2.45) is 0 Å². The normalized spacial score (nSPS) is 21.1. The average Bonchev–Trinajstić information content (AvgIpc) is 2.91. The highest BCUT2D eigenvalue weighted by Gasteiger charge is 2.43. The molecule has 0 aliphatic carbocycles. The quantitative estimate of drug-likeness (QED) is 0.701. The Morgan fingerprint density at radius 1 is 1.00 bits per heavy atom. The third-order valence-corrected chi connectivity index (χ3v) is 4.21. The minimum absolute atomic E-state index is 0.0426. The van der Waals surface area contributed by atoms with Gasteiger partial charge in [-0.3, -0.25) is 0 Å². The molecule has 4 rings (SSSR count). The van der Waals surface area contributed by atoms with Crippen LogP contribution in [0.1, 0.15) is 23.1 Å². The average molecular weight is 302 g/mol. The maximum atomic E-state index is 10.2. The molecule has 0 aromatic heterocycles. The lowest BCUT2D eigenvalue weighted by Crippen LogP contribution is -2.23. The second-order valence-corrected chi connectivity index (χ2v) is 5.34. The van der Waals surface area contributed by atoms with Crippen molar-refractivity contribution < 1.29 is 29.5 Å². The van der Waals surface area contributed by atoms with Crippen LogP contribution in [0, 0.1) is 0 Å². The van der Waals surface area contributed by atoms with Crippen LogP contribution >= 0.6 is 0 Å². The largest absolute Gasteiger partial charge is 0.504 e. The molecule has 2 heterocycles. The highest BCUT2D eigenvalue weighted by Crippen LogP contribution is 2.57. The summed E-state index contributed by atoms with van der Waals surface area (Å²) >= 11 is 0. The van der Waals surface area contributed by atoms with Gasteiger partial charge < -0.3 is 29.5 Å². The van der Waals surface area contributed by atoms with Gasteiger partial charge in [-0.25, -0.2) is 0 Å². The van der Waals surface area contributed by atoms with Crippen LogP contribution in [0.5, 0.6) is 34.5 Å². The summed E-state index contributed by atoms with van der Waals surface area (Å²) < 4.78 is 16.6. The van der Waals surface area contributed by atoms with E-state index in [1.165, 1.54) is 13.2 Å². The second kappa shape index (κ2) is 4.37. The third kappa shape index (κ3) is 1.55. The molecular formula is C16H14O6. The molecule has 2 aromatic carbocycles. The number of fused-ring (bicyclic) bond motifs is 5. The van der Waals surface area contributed by atoms with Gasteiger partial charge in [0.2, 0.25) is 11.5 Å². The van der Waals surface area contributed by atoms with Crippen molar-refractivity contribution in [3.63, 3.8) is 0 Å². The minimum atomic E-state index is -0.386. The van der Waals surface area contributed by atoms with E-state index in [0.717, 1.165) is 5.56 Å². The molecule has 3 N–H and O–H groups in total. The van der Waals surface area contributed by atoms with Crippen LogP contribution in [-0.4, -0.2) is 29.0 Å². The van der Waals surface area contributed by atoms with E-state index in [1.54, 1.807) is 12.1 Å². The molecule has 2 unspecified atom stereocenters. The number of hydrogen-bond acceptors (Lipinski definition) is 6. The van der Waals surface area contributed by atoms with Gasteiger partial charge in [-0.05, 0) is 18.2 Å². The van der Waals surface area contributed by atoms with E-state index in [4.69, 9.17) is 14.2 Å². The van der Waals surface area contributed by atoms with Gasteiger partial charge in [0.25, 0.3) is 0 Å². The lowest BCUT2D eigenvalue weighted by molar-refractivity contribution is 0.133. The molecule has 0 saturated heterocycles. The predicted molar refractivity (Wildman–Crippen MR) is 76.0 cm³/mol. The molecule has 0 spiro atoms. The van der Waals surface area contributed by atoms with Crippen LogP contribution in [0.3, 0.4) is 0 Å². The van der Waals surface area contributed by atoms with E-state index >= 15 is 0 Å². The number of benzene rings is 2. The molecule has 0 radical (unpaired) electrons. The molecule has 2 aliphatic heterocycles. The van der Waals surface area contributed by atoms with Crippen LogP contribution in [-0.2, 0) is 0 Å². The van der Waals surface area contributed by atoms with Crippen molar-refractivity contribution in [1.82, 2.24) is 0 Å². The van der Waals surface area contributed by atoms with E-state index in [1.807, 2.05) is 6.07 Å². The maximum Gasteiger partial charge on any atom is 0.201 e. The molecule has 2 atom stereocenters. The van der Waals surface area contributed by atoms with E-state index in [0.29, 0.717) is 17.1 Å². The summed E-state index contributed by atoms with van der Waals surface area (Å²) in [7, 11) is 1.47. The van der Waals surface area contributed by atoms with Crippen molar-refractivity contribution in [3.8, 4) is 34.5 Å². The summed E-state index contributed by atoms with van der Waals surface area (Å²) in [6.07, 6.45) is -0.386. The highest BCUT2D eigenvalue weighted by atomic mass is 16.5. The van der Waals surface area contributed by atoms with E-state index < -0.39 is 0 Å². The molecule has 114 valence electrons.